The van der Waals surface area contributed by atoms with Crippen LogP contribution in [0.2, 0.25) is 0 Å². The van der Waals surface area contributed by atoms with E-state index in [2.05, 4.69) is 10.6 Å². The first-order valence-electron chi connectivity index (χ1n) is 8.51. The molecule has 0 saturated heterocycles. The van der Waals surface area contributed by atoms with Gasteiger partial charge in [0, 0.05) is 18.9 Å². The molecule has 1 aromatic carbocycles. The van der Waals surface area contributed by atoms with Crippen LogP contribution in [0.5, 0.6) is 0 Å². The second kappa shape index (κ2) is 8.70. The van der Waals surface area contributed by atoms with Crippen molar-refractivity contribution in [2.45, 2.75) is 0 Å². The molecule has 148 valence electrons. The van der Waals surface area contributed by atoms with Crippen molar-refractivity contribution in [3.63, 3.8) is 0 Å². The van der Waals surface area contributed by atoms with E-state index in [0.717, 1.165) is 0 Å². The summed E-state index contributed by atoms with van der Waals surface area (Å²) in [4.78, 5) is 47.7. The maximum Gasteiger partial charge on any atom is 0.338 e. The van der Waals surface area contributed by atoms with Gasteiger partial charge in [0.2, 0.25) is 0 Å². The molecule has 9 nitrogen and oxygen atoms in total. The second-order valence-electron chi connectivity index (χ2n) is 5.97. The summed E-state index contributed by atoms with van der Waals surface area (Å²) in [5, 5.41) is 4.75. The molecule has 29 heavy (non-hydrogen) atoms. The van der Waals surface area contributed by atoms with Crippen molar-refractivity contribution in [3.8, 4) is 0 Å². The average molecular weight is 395 g/mol. The molecule has 0 aliphatic carbocycles. The molecule has 3 amide bonds. The van der Waals surface area contributed by atoms with Gasteiger partial charge in [-0.3, -0.25) is 19.7 Å². The number of nitrogens with one attached hydrogen (secondary N) is 2. The van der Waals surface area contributed by atoms with E-state index in [1.54, 1.807) is 36.0 Å². The third-order valence-corrected chi connectivity index (χ3v) is 3.89. The van der Waals surface area contributed by atoms with Gasteiger partial charge in [0.1, 0.15) is 5.69 Å². The fourth-order valence-electron chi connectivity index (χ4n) is 2.43. The number of imide groups is 1. The maximum atomic E-state index is 12.0. The molecule has 2 heterocycles. The Hall–Kier alpha value is -4.14. The van der Waals surface area contributed by atoms with Crippen LogP contribution in [-0.4, -0.2) is 34.9 Å². The number of aryl methyl sites for hydroxylation is 1. The van der Waals surface area contributed by atoms with Crippen molar-refractivity contribution in [2.24, 2.45) is 7.05 Å². The van der Waals surface area contributed by atoms with E-state index in [1.807, 2.05) is 0 Å². The SMILES string of the molecule is Cn1cccc1C(=O)NC(=O)COC(=O)c1ccc(NC(=O)c2ccco2)cc1. The molecule has 2 N–H and O–H groups in total. The molecule has 0 aliphatic heterocycles. The normalized spacial score (nSPS) is 10.2. The zero-order valence-corrected chi connectivity index (χ0v) is 15.4. The van der Waals surface area contributed by atoms with Gasteiger partial charge in [-0.25, -0.2) is 4.79 Å². The summed E-state index contributed by atoms with van der Waals surface area (Å²) < 4.78 is 11.5. The molecule has 0 aliphatic rings. The number of amides is 3. The Bertz CT molecular complexity index is 1030. The summed E-state index contributed by atoms with van der Waals surface area (Å²) in [6.45, 7) is -0.605. The van der Waals surface area contributed by atoms with E-state index in [4.69, 9.17) is 9.15 Å². The number of benzene rings is 1. The molecular weight excluding hydrogens is 378 g/mol. The molecule has 0 radical (unpaired) electrons. The van der Waals surface area contributed by atoms with E-state index in [9.17, 15) is 19.2 Å². The predicted octanol–water partition coefficient (Wildman–Crippen LogP) is 1.98. The van der Waals surface area contributed by atoms with Crippen LogP contribution < -0.4 is 10.6 Å². The molecule has 2 aromatic heterocycles. The summed E-state index contributed by atoms with van der Waals surface area (Å²) in [6.07, 6.45) is 3.05. The minimum absolute atomic E-state index is 0.157. The molecule has 9 heteroatoms. The minimum atomic E-state index is -0.744. The van der Waals surface area contributed by atoms with E-state index >= 15 is 0 Å². The number of hydrogen-bond acceptors (Lipinski definition) is 6. The first-order chi connectivity index (χ1) is 13.9. The molecule has 0 atom stereocenters. The van der Waals surface area contributed by atoms with E-state index in [-0.39, 0.29) is 11.3 Å². The fourth-order valence-corrected chi connectivity index (χ4v) is 2.43. The lowest BCUT2D eigenvalue weighted by atomic mass is 10.2. The van der Waals surface area contributed by atoms with Crippen LogP contribution in [0, 0.1) is 0 Å². The topological polar surface area (TPSA) is 120 Å². The summed E-state index contributed by atoms with van der Waals surface area (Å²) in [5.74, 6) is -2.34. The molecule has 0 saturated carbocycles. The molecule has 3 rings (SSSR count). The van der Waals surface area contributed by atoms with Crippen molar-refractivity contribution >= 4 is 29.4 Å². The average Bonchev–Trinajstić information content (AvgIpc) is 3.38. The van der Waals surface area contributed by atoms with Crippen molar-refractivity contribution in [2.75, 3.05) is 11.9 Å². The number of nitrogens with zero attached hydrogens (tertiary/aromatic N) is 1. The zero-order chi connectivity index (χ0) is 20.8. The predicted molar refractivity (Wildman–Crippen MR) is 101 cm³/mol. The Morgan fingerprint density at radius 3 is 2.38 bits per heavy atom. The Kier molecular flexibility index (Phi) is 5.88. The number of carbonyl (C=O) groups is 4. The van der Waals surface area contributed by atoms with E-state index < -0.39 is 30.3 Å². The van der Waals surface area contributed by atoms with Gasteiger partial charge in [-0.1, -0.05) is 0 Å². The quantitative estimate of drug-likeness (QED) is 0.616. The molecule has 3 aromatic rings. The van der Waals surface area contributed by atoms with Crippen molar-refractivity contribution in [3.05, 3.63) is 78.0 Å². The van der Waals surface area contributed by atoms with Crippen molar-refractivity contribution in [1.29, 1.82) is 0 Å². The fraction of sp³-hybridized carbons (Fsp3) is 0.100. The number of carbonyl (C=O) groups excluding carboxylic acids is 4. The van der Waals surface area contributed by atoms with Crippen LogP contribution in [0.15, 0.2) is 65.4 Å². The van der Waals surface area contributed by atoms with Gasteiger partial charge in [0.15, 0.2) is 12.4 Å². The van der Waals surface area contributed by atoms with Crippen LogP contribution in [0.25, 0.3) is 0 Å². The molecule has 0 spiro atoms. The van der Waals surface area contributed by atoms with Gasteiger partial charge in [-0.05, 0) is 48.5 Å². The highest BCUT2D eigenvalue weighted by Gasteiger charge is 2.15. The molecule has 0 fully saturated rings. The zero-order valence-electron chi connectivity index (χ0n) is 15.4. The number of hydrogen-bond donors (Lipinski definition) is 2. The third-order valence-electron chi connectivity index (χ3n) is 3.89. The van der Waals surface area contributed by atoms with Crippen LogP contribution in [0.3, 0.4) is 0 Å². The summed E-state index contributed by atoms with van der Waals surface area (Å²) in [5.41, 5.74) is 0.938. The van der Waals surface area contributed by atoms with Crippen LogP contribution >= 0.6 is 0 Å². The van der Waals surface area contributed by atoms with Gasteiger partial charge in [0.25, 0.3) is 17.7 Å². The number of aromatic nitrogens is 1. The van der Waals surface area contributed by atoms with Gasteiger partial charge < -0.3 is 19.0 Å². The number of ether oxygens (including phenoxy) is 1. The second-order valence-corrected chi connectivity index (χ2v) is 5.97. The van der Waals surface area contributed by atoms with Crippen molar-refractivity contribution < 1.29 is 28.3 Å². The standard InChI is InChI=1S/C20H17N3O6/c1-23-10-2-4-15(23)18(25)22-17(24)12-29-20(27)13-6-8-14(9-7-13)21-19(26)16-5-3-11-28-16/h2-11H,12H2,1H3,(H,21,26)(H,22,24,25). The summed E-state index contributed by atoms with van der Waals surface area (Å²) in [7, 11) is 1.67. The Morgan fingerprint density at radius 2 is 1.76 bits per heavy atom. The molecule has 0 bridgehead atoms. The first-order valence-corrected chi connectivity index (χ1v) is 8.51. The minimum Gasteiger partial charge on any atom is -0.459 e. The Morgan fingerprint density at radius 1 is 1.00 bits per heavy atom. The highest BCUT2D eigenvalue weighted by atomic mass is 16.5. The summed E-state index contributed by atoms with van der Waals surface area (Å²) >= 11 is 0. The maximum absolute atomic E-state index is 12.0. The first kappa shape index (κ1) is 19.6. The lowest BCUT2D eigenvalue weighted by molar-refractivity contribution is -0.123. The smallest absolute Gasteiger partial charge is 0.338 e. The van der Waals surface area contributed by atoms with Gasteiger partial charge >= 0.3 is 5.97 Å². The molecule has 0 unspecified atom stereocenters. The Balaban J connectivity index is 1.49. The lowest BCUT2D eigenvalue weighted by Crippen LogP contribution is -2.35. The van der Waals surface area contributed by atoms with Gasteiger partial charge in [0.05, 0.1) is 11.8 Å². The molecular formula is C20H17N3O6. The Labute approximate surface area is 165 Å². The number of esters is 1. The van der Waals surface area contributed by atoms with Crippen LogP contribution in [-0.2, 0) is 16.6 Å². The summed E-state index contributed by atoms with van der Waals surface area (Å²) in [6, 6.07) is 12.2. The number of anilines is 1. The monoisotopic (exact) mass is 395 g/mol. The number of rotatable bonds is 6. The van der Waals surface area contributed by atoms with Gasteiger partial charge in [-0.15, -0.1) is 0 Å². The third kappa shape index (κ3) is 4.98. The lowest BCUT2D eigenvalue weighted by Gasteiger charge is -2.07. The number of furan rings is 1. The highest BCUT2D eigenvalue weighted by Crippen LogP contribution is 2.12. The van der Waals surface area contributed by atoms with Gasteiger partial charge in [-0.2, -0.15) is 0 Å². The van der Waals surface area contributed by atoms with Crippen molar-refractivity contribution in [1.82, 2.24) is 9.88 Å². The van der Waals surface area contributed by atoms with E-state index in [1.165, 1.54) is 36.6 Å². The van der Waals surface area contributed by atoms with E-state index in [0.29, 0.717) is 11.4 Å². The van der Waals surface area contributed by atoms with Crippen LogP contribution in [0.1, 0.15) is 31.4 Å². The largest absolute Gasteiger partial charge is 0.459 e. The van der Waals surface area contributed by atoms with Crippen LogP contribution in [0.4, 0.5) is 5.69 Å². The highest BCUT2D eigenvalue weighted by molar-refractivity contribution is 6.05.